The number of hydrogen-bond donors (Lipinski definition) is 2. The van der Waals surface area contributed by atoms with Gasteiger partial charge in [0.25, 0.3) is 0 Å². The van der Waals surface area contributed by atoms with Crippen molar-refractivity contribution in [2.45, 2.75) is 50.2 Å². The van der Waals surface area contributed by atoms with Crippen molar-refractivity contribution >= 4 is 15.9 Å². The quantitative estimate of drug-likeness (QED) is 0.720. The molecule has 0 aromatic carbocycles. The molecule has 1 saturated carbocycles. The maximum absolute atomic E-state index is 12.4. The Balaban J connectivity index is 1.64. The smallest absolute Gasteiger partial charge is 0.317 e. The van der Waals surface area contributed by atoms with Gasteiger partial charge in [-0.05, 0) is 12.8 Å². The Morgan fingerprint density at radius 3 is 2.65 bits per heavy atom. The molecule has 2 saturated heterocycles. The monoisotopic (exact) mass is 301 g/mol. The number of fused-ring (bicyclic) bond motifs is 1. The van der Waals surface area contributed by atoms with Crippen LogP contribution in [0.2, 0.25) is 0 Å². The highest BCUT2D eigenvalue weighted by Crippen LogP contribution is 2.22. The van der Waals surface area contributed by atoms with Crippen molar-refractivity contribution < 1.29 is 13.2 Å². The molecule has 3 aliphatic rings. The summed E-state index contributed by atoms with van der Waals surface area (Å²) in [4.78, 5) is 14.1. The molecule has 0 radical (unpaired) electrons. The Morgan fingerprint density at radius 1 is 1.15 bits per heavy atom. The third kappa shape index (κ3) is 2.93. The maximum Gasteiger partial charge on any atom is 0.317 e. The Bertz CT molecular complexity index is 473. The lowest BCUT2D eigenvalue weighted by Gasteiger charge is -2.38. The van der Waals surface area contributed by atoms with Crippen molar-refractivity contribution in [3.8, 4) is 0 Å². The number of nitrogens with one attached hydrogen (secondary N) is 2. The van der Waals surface area contributed by atoms with Gasteiger partial charge in [-0.15, -0.1) is 0 Å². The summed E-state index contributed by atoms with van der Waals surface area (Å²) in [5.41, 5.74) is 0. The molecule has 2 N–H and O–H groups in total. The van der Waals surface area contributed by atoms with Gasteiger partial charge < -0.3 is 15.5 Å². The van der Waals surface area contributed by atoms with E-state index in [9.17, 15) is 13.2 Å². The summed E-state index contributed by atoms with van der Waals surface area (Å²) in [6, 6.07) is -0.101. The molecule has 1 aliphatic carbocycles. The zero-order chi connectivity index (χ0) is 14.2. The molecule has 6 nitrogen and oxygen atoms in total. The van der Waals surface area contributed by atoms with Crippen molar-refractivity contribution in [1.82, 2.24) is 15.5 Å². The summed E-state index contributed by atoms with van der Waals surface area (Å²) >= 11 is 0. The van der Waals surface area contributed by atoms with Crippen molar-refractivity contribution in [1.29, 1.82) is 0 Å². The normalized spacial score (nSPS) is 33.7. The minimum Gasteiger partial charge on any atom is -0.335 e. The third-order valence-corrected chi connectivity index (χ3v) is 6.39. The lowest BCUT2D eigenvalue weighted by molar-refractivity contribution is 0.146. The fraction of sp³-hybridized carbons (Fsp3) is 0.923. The molecular formula is C13H23N3O3S. The van der Waals surface area contributed by atoms with Crippen LogP contribution in [-0.2, 0) is 9.84 Å². The first-order valence-electron chi connectivity index (χ1n) is 7.56. The number of piperazine rings is 1. The molecular weight excluding hydrogens is 278 g/mol. The lowest BCUT2D eigenvalue weighted by atomic mass is 9.95. The highest BCUT2D eigenvalue weighted by atomic mass is 32.2. The van der Waals surface area contributed by atoms with Crippen molar-refractivity contribution in [3.05, 3.63) is 0 Å². The standard InChI is InChI=1S/C13H23N3O3S/c17-13(15-10-4-2-1-3-5-10)16-7-6-14-11-8-20(18,19)9-12(11)16/h10-12,14H,1-9H2,(H,15,17)/t11-,12+/m0/s1. The van der Waals surface area contributed by atoms with Crippen LogP contribution in [0.5, 0.6) is 0 Å². The molecule has 0 aromatic heterocycles. The van der Waals surface area contributed by atoms with Crippen LogP contribution in [0.25, 0.3) is 0 Å². The van der Waals surface area contributed by atoms with Crippen LogP contribution < -0.4 is 10.6 Å². The van der Waals surface area contributed by atoms with E-state index >= 15 is 0 Å². The molecule has 20 heavy (non-hydrogen) atoms. The van der Waals surface area contributed by atoms with E-state index in [2.05, 4.69) is 10.6 Å². The molecule has 0 aromatic rings. The van der Waals surface area contributed by atoms with E-state index in [0.717, 1.165) is 12.8 Å². The van der Waals surface area contributed by atoms with Crippen molar-refractivity contribution in [2.24, 2.45) is 0 Å². The predicted octanol–water partition coefficient (Wildman–Crippen LogP) is 0.0995. The molecule has 0 spiro atoms. The predicted molar refractivity (Wildman–Crippen MR) is 76.3 cm³/mol. The van der Waals surface area contributed by atoms with Gasteiger partial charge in [0.05, 0.1) is 17.5 Å². The molecule has 0 bridgehead atoms. The third-order valence-electron chi connectivity index (χ3n) is 4.68. The Hall–Kier alpha value is -0.820. The molecule has 2 atom stereocenters. The van der Waals surface area contributed by atoms with Crippen LogP contribution >= 0.6 is 0 Å². The Kier molecular flexibility index (Phi) is 3.90. The first-order chi connectivity index (χ1) is 9.55. The van der Waals surface area contributed by atoms with E-state index in [0.29, 0.717) is 13.1 Å². The summed E-state index contributed by atoms with van der Waals surface area (Å²) in [6.07, 6.45) is 5.69. The second-order valence-corrected chi connectivity index (χ2v) is 8.34. The van der Waals surface area contributed by atoms with Crippen LogP contribution in [0.1, 0.15) is 32.1 Å². The van der Waals surface area contributed by atoms with Crippen LogP contribution in [0.3, 0.4) is 0 Å². The van der Waals surface area contributed by atoms with Gasteiger partial charge in [0.15, 0.2) is 9.84 Å². The SMILES string of the molecule is O=C(NC1CCCCC1)N1CCN[C@H]2CS(=O)(=O)C[C@H]21. The molecule has 2 amide bonds. The zero-order valence-electron chi connectivity index (χ0n) is 11.7. The molecule has 7 heteroatoms. The number of carbonyl (C=O) groups excluding carboxylic acids is 1. The molecule has 3 fully saturated rings. The van der Waals surface area contributed by atoms with Gasteiger partial charge in [-0.25, -0.2) is 13.2 Å². The van der Waals surface area contributed by atoms with Crippen LogP contribution in [-0.4, -0.2) is 62.1 Å². The number of nitrogens with zero attached hydrogens (tertiary/aromatic N) is 1. The number of urea groups is 1. The highest BCUT2D eigenvalue weighted by molar-refractivity contribution is 7.91. The molecule has 0 unspecified atom stereocenters. The maximum atomic E-state index is 12.4. The van der Waals surface area contributed by atoms with Crippen molar-refractivity contribution in [3.63, 3.8) is 0 Å². The van der Waals surface area contributed by atoms with Gasteiger partial charge in [-0.1, -0.05) is 19.3 Å². The lowest BCUT2D eigenvalue weighted by Crippen LogP contribution is -2.61. The van der Waals surface area contributed by atoms with E-state index in [-0.39, 0.29) is 35.7 Å². The van der Waals surface area contributed by atoms with E-state index in [1.807, 2.05) is 0 Å². The summed E-state index contributed by atoms with van der Waals surface area (Å²) in [7, 11) is -3.01. The van der Waals surface area contributed by atoms with Crippen molar-refractivity contribution in [2.75, 3.05) is 24.6 Å². The first kappa shape index (κ1) is 14.1. The van der Waals surface area contributed by atoms with Gasteiger partial charge in [0.2, 0.25) is 0 Å². The molecule has 2 aliphatic heterocycles. The fourth-order valence-electron chi connectivity index (χ4n) is 3.62. The van der Waals surface area contributed by atoms with Crippen LogP contribution in [0.4, 0.5) is 4.79 Å². The van der Waals surface area contributed by atoms with E-state index in [4.69, 9.17) is 0 Å². The van der Waals surface area contributed by atoms with Gasteiger partial charge in [-0.2, -0.15) is 0 Å². The largest absolute Gasteiger partial charge is 0.335 e. The van der Waals surface area contributed by atoms with Gasteiger partial charge in [0.1, 0.15) is 0 Å². The van der Waals surface area contributed by atoms with E-state index in [1.54, 1.807) is 4.90 Å². The summed E-state index contributed by atoms with van der Waals surface area (Å²) < 4.78 is 23.5. The first-order valence-corrected chi connectivity index (χ1v) is 9.38. The number of amides is 2. The van der Waals surface area contributed by atoms with Crippen LogP contribution in [0, 0.1) is 0 Å². The number of rotatable bonds is 1. The molecule has 3 rings (SSSR count). The Morgan fingerprint density at radius 2 is 1.90 bits per heavy atom. The fourth-order valence-corrected chi connectivity index (χ4v) is 5.58. The van der Waals surface area contributed by atoms with Gasteiger partial charge >= 0.3 is 6.03 Å². The average Bonchev–Trinajstić information content (AvgIpc) is 2.73. The second kappa shape index (κ2) is 5.52. The molecule has 114 valence electrons. The van der Waals surface area contributed by atoms with Crippen LogP contribution in [0.15, 0.2) is 0 Å². The minimum atomic E-state index is -3.01. The Labute approximate surface area is 120 Å². The molecule has 2 heterocycles. The summed E-state index contributed by atoms with van der Waals surface area (Å²) in [5, 5.41) is 6.32. The highest BCUT2D eigenvalue weighted by Gasteiger charge is 2.44. The van der Waals surface area contributed by atoms with E-state index in [1.165, 1.54) is 19.3 Å². The second-order valence-electron chi connectivity index (χ2n) is 6.18. The number of sulfone groups is 1. The topological polar surface area (TPSA) is 78.5 Å². The van der Waals surface area contributed by atoms with Gasteiger partial charge in [0, 0.05) is 25.2 Å². The summed E-state index contributed by atoms with van der Waals surface area (Å²) in [5.74, 6) is 0.258. The summed E-state index contributed by atoms with van der Waals surface area (Å²) in [6.45, 7) is 1.27. The van der Waals surface area contributed by atoms with Gasteiger partial charge in [-0.3, -0.25) is 0 Å². The average molecular weight is 301 g/mol. The van der Waals surface area contributed by atoms with E-state index < -0.39 is 9.84 Å². The number of carbonyl (C=O) groups is 1. The zero-order valence-corrected chi connectivity index (χ0v) is 12.5. The number of hydrogen-bond acceptors (Lipinski definition) is 4. The minimum absolute atomic E-state index is 0.0782.